The van der Waals surface area contributed by atoms with Crippen molar-refractivity contribution >= 4 is 19.7 Å². The van der Waals surface area contributed by atoms with Crippen LogP contribution in [0.2, 0.25) is 0 Å². The minimum atomic E-state index is -4.46. The van der Waals surface area contributed by atoms with Gasteiger partial charge in [0.25, 0.3) is 0 Å². The van der Waals surface area contributed by atoms with Crippen LogP contribution in [0.5, 0.6) is 0 Å². The van der Waals surface area contributed by atoms with Crippen molar-refractivity contribution in [3.8, 4) is 0 Å². The summed E-state index contributed by atoms with van der Waals surface area (Å²) in [7, 11) is 1.51. The van der Waals surface area contributed by atoms with E-state index in [0.29, 0.717) is 23.9 Å². The Morgan fingerprint density at radius 2 is 0.685 bits per heavy atom. The van der Waals surface area contributed by atoms with Gasteiger partial charge in [-0.2, -0.15) is 0 Å². The van der Waals surface area contributed by atoms with Gasteiger partial charge >= 0.3 is 13.8 Å². The van der Waals surface area contributed by atoms with E-state index in [9.17, 15) is 19.0 Å². The van der Waals surface area contributed by atoms with Gasteiger partial charge in [0.2, 0.25) is 5.91 Å². The van der Waals surface area contributed by atoms with Crippen molar-refractivity contribution in [1.82, 2.24) is 5.32 Å². The van der Waals surface area contributed by atoms with Gasteiger partial charge in [-0.05, 0) is 102 Å². The number of hydrogen-bond donors (Lipinski definition) is 2. The molecule has 0 aromatic rings. The maximum absolute atomic E-state index is 13.6. The van der Waals surface area contributed by atoms with Crippen LogP contribution in [0, 0.1) is 0 Å². The van der Waals surface area contributed by atoms with E-state index in [0.717, 1.165) is 77.0 Å². The number of ether oxygens (including phenoxy) is 1. The topological polar surface area (TPSA) is 111 Å². The zero-order valence-corrected chi connectivity index (χ0v) is 60.6. The maximum atomic E-state index is 13.6. The van der Waals surface area contributed by atoms with Crippen LogP contribution in [-0.4, -0.2) is 74.3 Å². The molecular weight excluding hydrogens is 1120 g/mol. The average Bonchev–Trinajstić information content (AvgIpc) is 3.71. The van der Waals surface area contributed by atoms with Gasteiger partial charge in [-0.15, -0.1) is 0 Å². The summed E-state index contributed by atoms with van der Waals surface area (Å²) in [5, 5.41) is 3.08. The number of phosphoric ester groups is 1. The molecule has 3 atom stereocenters. The fraction of sp³-hybridized carbons (Fsp3) is 0.823. The number of likely N-dealkylation sites (N-methyl/N-ethyl adjacent to an activating group) is 1. The number of phosphoric acid groups is 1. The molecular formula is C79H148N2O7P+. The lowest BCUT2D eigenvalue weighted by Gasteiger charge is -2.27. The Morgan fingerprint density at radius 1 is 0.393 bits per heavy atom. The number of allylic oxidation sites excluding steroid dienone is 11. The first kappa shape index (κ1) is 86.5. The van der Waals surface area contributed by atoms with Gasteiger partial charge in [-0.3, -0.25) is 18.6 Å². The zero-order chi connectivity index (χ0) is 64.9. The van der Waals surface area contributed by atoms with Crippen LogP contribution in [0.25, 0.3) is 0 Å². The second-order valence-electron chi connectivity index (χ2n) is 27.2. The van der Waals surface area contributed by atoms with E-state index in [-0.39, 0.29) is 25.1 Å². The monoisotopic (exact) mass is 1270 g/mol. The number of carbonyl (C=O) groups excluding carboxylic acids is 2. The summed E-state index contributed by atoms with van der Waals surface area (Å²) >= 11 is 0. The highest BCUT2D eigenvalue weighted by Crippen LogP contribution is 2.43. The Kier molecular flexibility index (Phi) is 66.4. The minimum absolute atomic E-state index is 0.0401. The number of nitrogens with zero attached hydrogens (tertiary/aromatic N) is 1. The Hall–Kier alpha value is -2.55. The predicted molar refractivity (Wildman–Crippen MR) is 388 cm³/mol. The third kappa shape index (κ3) is 69.6. The Balaban J connectivity index is 4.91. The molecule has 0 aliphatic heterocycles. The number of carbonyl (C=O) groups is 2. The lowest BCUT2D eigenvalue weighted by Crippen LogP contribution is -2.47. The average molecular weight is 1270 g/mol. The van der Waals surface area contributed by atoms with Gasteiger partial charge in [0.15, 0.2) is 0 Å². The molecule has 10 heteroatoms. The Morgan fingerprint density at radius 3 is 1.04 bits per heavy atom. The van der Waals surface area contributed by atoms with Crippen LogP contribution >= 0.6 is 7.82 Å². The van der Waals surface area contributed by atoms with Crippen molar-refractivity contribution < 1.29 is 37.3 Å². The van der Waals surface area contributed by atoms with Crippen molar-refractivity contribution in [2.75, 3.05) is 40.9 Å². The van der Waals surface area contributed by atoms with Crippen LogP contribution in [0.15, 0.2) is 72.9 Å². The van der Waals surface area contributed by atoms with Gasteiger partial charge in [0, 0.05) is 12.8 Å². The number of hydrogen-bond acceptors (Lipinski definition) is 6. The molecule has 0 aromatic heterocycles. The molecule has 520 valence electrons. The van der Waals surface area contributed by atoms with Crippen molar-refractivity contribution in [2.45, 2.75) is 380 Å². The van der Waals surface area contributed by atoms with Gasteiger partial charge in [-0.25, -0.2) is 4.57 Å². The summed E-state index contributed by atoms with van der Waals surface area (Å²) in [6.45, 7) is 7.00. The molecule has 3 unspecified atom stereocenters. The van der Waals surface area contributed by atoms with E-state index in [2.05, 4.69) is 86.8 Å². The molecule has 0 saturated heterocycles. The maximum Gasteiger partial charge on any atom is 0.472 e. The molecule has 0 aromatic carbocycles. The van der Waals surface area contributed by atoms with E-state index in [1.807, 2.05) is 33.3 Å². The number of rotatable bonds is 70. The summed E-state index contributed by atoms with van der Waals surface area (Å²) in [5.74, 6) is -0.492. The zero-order valence-electron chi connectivity index (χ0n) is 59.7. The second-order valence-corrected chi connectivity index (χ2v) is 28.6. The van der Waals surface area contributed by atoms with E-state index in [1.54, 1.807) is 0 Å². The summed E-state index contributed by atoms with van der Waals surface area (Å²) in [5.41, 5.74) is 0. The molecule has 0 rings (SSSR count). The summed E-state index contributed by atoms with van der Waals surface area (Å²) in [6.07, 6.45) is 90.7. The van der Waals surface area contributed by atoms with Crippen LogP contribution in [0.1, 0.15) is 367 Å². The highest BCUT2D eigenvalue weighted by Gasteiger charge is 2.30. The summed E-state index contributed by atoms with van der Waals surface area (Å²) in [6, 6.07) is -0.850. The van der Waals surface area contributed by atoms with Crippen molar-refractivity contribution in [2.24, 2.45) is 0 Å². The molecule has 1 amide bonds. The van der Waals surface area contributed by atoms with Gasteiger partial charge in [-0.1, -0.05) is 325 Å². The van der Waals surface area contributed by atoms with E-state index in [4.69, 9.17) is 13.8 Å². The number of esters is 1. The third-order valence-electron chi connectivity index (χ3n) is 17.1. The molecule has 0 radical (unpaired) electrons. The Labute approximate surface area is 553 Å². The van der Waals surface area contributed by atoms with Crippen LogP contribution in [0.4, 0.5) is 0 Å². The normalized spacial score (nSPS) is 13.8. The smallest absolute Gasteiger partial charge is 0.456 e. The standard InChI is InChI=1S/C79H147N2O7P/c1-7-10-13-16-19-22-25-27-29-31-33-35-37-39-40-42-44-46-48-50-52-54-57-60-63-66-69-72-79(83)88-77(70-67-64-61-58-55-24-21-18-15-12-9-3)76(75-87-89(84,85)86-74-73-81(4,5)6)80-78(82)71-68-65-62-59-56-53-51-49-47-45-43-41-38-36-34-32-30-28-26-23-20-17-14-11-8-2/h19-20,22-23,27-30,33,35,67,70,76-77H,7-18,21,24-26,31-32,34,36-66,68-69,71-75H2,1-6H3,(H-,80,82,84,85)/p+1/b22-19-,23-20-,29-27-,30-28-,35-33-,70-67+. The minimum Gasteiger partial charge on any atom is -0.456 e. The quantitative estimate of drug-likeness (QED) is 0.0205. The first-order valence-electron chi connectivity index (χ1n) is 38.3. The lowest BCUT2D eigenvalue weighted by atomic mass is 10.0. The van der Waals surface area contributed by atoms with Gasteiger partial charge in [0.05, 0.1) is 33.8 Å². The molecule has 2 N–H and O–H groups in total. The first-order chi connectivity index (χ1) is 43.4. The summed E-state index contributed by atoms with van der Waals surface area (Å²) in [4.78, 5) is 38.0. The molecule has 0 aliphatic rings. The first-order valence-corrected chi connectivity index (χ1v) is 39.8. The number of nitrogens with one attached hydrogen (secondary N) is 1. The third-order valence-corrected chi connectivity index (χ3v) is 18.1. The molecule has 0 aliphatic carbocycles. The van der Waals surface area contributed by atoms with Gasteiger partial charge < -0.3 is 19.4 Å². The van der Waals surface area contributed by atoms with Crippen LogP contribution in [0.3, 0.4) is 0 Å². The molecule has 0 saturated carbocycles. The molecule has 0 fully saturated rings. The van der Waals surface area contributed by atoms with Crippen molar-refractivity contribution in [3.05, 3.63) is 72.9 Å². The largest absolute Gasteiger partial charge is 0.472 e. The van der Waals surface area contributed by atoms with E-state index >= 15 is 0 Å². The van der Waals surface area contributed by atoms with Gasteiger partial charge in [0.1, 0.15) is 19.3 Å². The highest BCUT2D eigenvalue weighted by molar-refractivity contribution is 7.47. The molecule has 0 spiro atoms. The number of amides is 1. The second kappa shape index (κ2) is 68.3. The SMILES string of the molecule is CCCCC/C=C\C/C=C\C/C=C\CCCCCCCCCCCCCCCCC(=O)OC(/C=C/CCCCCCCCCCC)C(COP(=O)(O)OCC[N+](C)(C)C)NC(=O)CCCCCCCCCCCCCCCCC/C=C\C/C=C\CCCCC. The highest BCUT2D eigenvalue weighted by atomic mass is 31.2. The lowest BCUT2D eigenvalue weighted by molar-refractivity contribution is -0.870. The van der Waals surface area contributed by atoms with Crippen molar-refractivity contribution in [1.29, 1.82) is 0 Å². The van der Waals surface area contributed by atoms with Crippen molar-refractivity contribution in [3.63, 3.8) is 0 Å². The molecule has 9 nitrogen and oxygen atoms in total. The van der Waals surface area contributed by atoms with Crippen LogP contribution < -0.4 is 5.32 Å². The summed E-state index contributed by atoms with van der Waals surface area (Å²) < 4.78 is 30.9. The van der Waals surface area contributed by atoms with E-state index in [1.165, 1.54) is 257 Å². The molecule has 0 bridgehead atoms. The molecule has 0 heterocycles. The Bertz CT molecular complexity index is 1750. The molecule has 89 heavy (non-hydrogen) atoms. The van der Waals surface area contributed by atoms with Crippen LogP contribution in [-0.2, 0) is 27.9 Å². The fourth-order valence-electron chi connectivity index (χ4n) is 11.2. The van der Waals surface area contributed by atoms with E-state index < -0.39 is 20.0 Å². The number of quaternary nitrogens is 1. The fourth-order valence-corrected chi connectivity index (χ4v) is 12.0. The number of unbranched alkanes of at least 4 members (excludes halogenated alkanes) is 44. The predicted octanol–water partition coefficient (Wildman–Crippen LogP) is 24.7.